The topological polar surface area (TPSA) is 59.0 Å². The predicted octanol–water partition coefficient (Wildman–Crippen LogP) is 2.97. The summed E-state index contributed by atoms with van der Waals surface area (Å²) in [7, 11) is 5.38. The van der Waals surface area contributed by atoms with E-state index in [9.17, 15) is 0 Å². The molecule has 1 aromatic carbocycles. The third kappa shape index (κ3) is 6.20. The van der Waals surface area contributed by atoms with Gasteiger partial charge in [0.2, 0.25) is 5.88 Å². The largest absolute Gasteiger partial charge is 0.475 e. The number of pyridine rings is 1. The van der Waals surface area contributed by atoms with Crippen LogP contribution in [0.3, 0.4) is 0 Å². The van der Waals surface area contributed by atoms with Crippen LogP contribution in [-0.2, 0) is 17.8 Å². The minimum atomic E-state index is 0.487. The molecule has 0 unspecified atom stereocenters. The fourth-order valence-electron chi connectivity index (χ4n) is 2.35. The Labute approximate surface area is 159 Å². The fraction of sp³-hybridized carbons (Fsp3) is 0.368. The first-order valence-corrected chi connectivity index (χ1v) is 8.73. The first kappa shape index (κ1) is 20.0. The molecule has 0 aliphatic carbocycles. The Hall–Kier alpha value is -2.31. The van der Waals surface area contributed by atoms with Crippen molar-refractivity contribution < 1.29 is 9.47 Å². The summed E-state index contributed by atoms with van der Waals surface area (Å²) in [5.74, 6) is 1.37. The molecule has 2 rings (SSSR count). The summed E-state index contributed by atoms with van der Waals surface area (Å²) in [6, 6.07) is 11.6. The molecular formula is C19H25ClN4O2. The molecule has 0 saturated carbocycles. The Kier molecular flexibility index (Phi) is 8.18. The molecule has 1 aromatic heterocycles. The summed E-state index contributed by atoms with van der Waals surface area (Å²) in [5, 5.41) is 4.08. The molecule has 0 amide bonds. The lowest BCUT2D eigenvalue weighted by molar-refractivity contribution is 0.143. The quantitative estimate of drug-likeness (QED) is 0.436. The molecule has 0 aliphatic rings. The van der Waals surface area contributed by atoms with Crippen molar-refractivity contribution in [2.24, 2.45) is 4.99 Å². The van der Waals surface area contributed by atoms with Crippen molar-refractivity contribution in [1.29, 1.82) is 0 Å². The number of nitrogens with one attached hydrogen (secondary N) is 1. The maximum absolute atomic E-state index is 6.23. The van der Waals surface area contributed by atoms with E-state index in [1.54, 1.807) is 20.4 Å². The zero-order chi connectivity index (χ0) is 18.8. The van der Waals surface area contributed by atoms with E-state index in [0.29, 0.717) is 32.2 Å². The van der Waals surface area contributed by atoms with Crippen LogP contribution in [0.1, 0.15) is 11.1 Å². The number of hydrogen-bond acceptors (Lipinski definition) is 4. The Morgan fingerprint density at radius 3 is 2.69 bits per heavy atom. The molecule has 0 aliphatic heterocycles. The molecule has 2 aromatic rings. The van der Waals surface area contributed by atoms with Crippen molar-refractivity contribution in [3.8, 4) is 5.88 Å². The number of rotatable bonds is 8. The van der Waals surface area contributed by atoms with Crippen molar-refractivity contribution >= 4 is 17.6 Å². The van der Waals surface area contributed by atoms with E-state index in [2.05, 4.69) is 15.3 Å². The first-order chi connectivity index (χ1) is 12.6. The number of guanidine groups is 1. The SMILES string of the molecule is CN=C(NCc1ccc(OCCOC)nc1)N(C)Cc1ccccc1Cl. The Bertz CT molecular complexity index is 707. The van der Waals surface area contributed by atoms with E-state index < -0.39 is 0 Å². The number of aliphatic imine (C=N–C) groups is 1. The molecule has 0 bridgehead atoms. The van der Waals surface area contributed by atoms with Gasteiger partial charge in [-0.15, -0.1) is 0 Å². The minimum absolute atomic E-state index is 0.487. The van der Waals surface area contributed by atoms with Gasteiger partial charge < -0.3 is 19.7 Å². The summed E-state index contributed by atoms with van der Waals surface area (Å²) in [5.41, 5.74) is 2.09. The number of aromatic nitrogens is 1. The van der Waals surface area contributed by atoms with Crippen LogP contribution < -0.4 is 10.1 Å². The van der Waals surface area contributed by atoms with Gasteiger partial charge in [0, 0.05) is 51.6 Å². The summed E-state index contributed by atoms with van der Waals surface area (Å²) >= 11 is 6.23. The van der Waals surface area contributed by atoms with Crippen LogP contribution in [0.15, 0.2) is 47.6 Å². The molecular weight excluding hydrogens is 352 g/mol. The van der Waals surface area contributed by atoms with Gasteiger partial charge in [-0.2, -0.15) is 0 Å². The van der Waals surface area contributed by atoms with Crippen LogP contribution in [0, 0.1) is 0 Å². The lowest BCUT2D eigenvalue weighted by Gasteiger charge is -2.22. The number of ether oxygens (including phenoxy) is 2. The van der Waals surface area contributed by atoms with Gasteiger partial charge in [-0.05, 0) is 17.2 Å². The molecule has 6 nitrogen and oxygen atoms in total. The normalized spacial score (nSPS) is 11.3. The van der Waals surface area contributed by atoms with Gasteiger partial charge in [0.25, 0.3) is 0 Å². The van der Waals surface area contributed by atoms with Gasteiger partial charge in [0.15, 0.2) is 5.96 Å². The van der Waals surface area contributed by atoms with Gasteiger partial charge in [-0.1, -0.05) is 35.9 Å². The van der Waals surface area contributed by atoms with Crippen molar-refractivity contribution in [3.63, 3.8) is 0 Å². The summed E-state index contributed by atoms with van der Waals surface area (Å²) in [4.78, 5) is 10.6. The molecule has 0 atom stereocenters. The van der Waals surface area contributed by atoms with E-state index in [-0.39, 0.29) is 0 Å². The average Bonchev–Trinajstić information content (AvgIpc) is 2.65. The maximum Gasteiger partial charge on any atom is 0.213 e. The lowest BCUT2D eigenvalue weighted by atomic mass is 10.2. The average molecular weight is 377 g/mol. The van der Waals surface area contributed by atoms with Crippen LogP contribution >= 0.6 is 11.6 Å². The Balaban J connectivity index is 1.87. The number of halogens is 1. The maximum atomic E-state index is 6.23. The van der Waals surface area contributed by atoms with Crippen molar-refractivity contribution in [3.05, 3.63) is 58.7 Å². The van der Waals surface area contributed by atoms with E-state index in [0.717, 1.165) is 22.1 Å². The lowest BCUT2D eigenvalue weighted by Crippen LogP contribution is -2.38. The molecule has 140 valence electrons. The molecule has 1 N–H and O–H groups in total. The molecule has 0 spiro atoms. The number of hydrogen-bond donors (Lipinski definition) is 1. The molecule has 0 radical (unpaired) electrons. The summed E-state index contributed by atoms with van der Waals surface area (Å²) in [6.45, 7) is 2.31. The smallest absolute Gasteiger partial charge is 0.213 e. The Morgan fingerprint density at radius 1 is 1.23 bits per heavy atom. The zero-order valence-electron chi connectivity index (χ0n) is 15.4. The molecule has 0 fully saturated rings. The van der Waals surface area contributed by atoms with E-state index in [1.807, 2.05) is 48.3 Å². The second-order valence-electron chi connectivity index (χ2n) is 5.69. The highest BCUT2D eigenvalue weighted by Gasteiger charge is 2.09. The number of benzene rings is 1. The highest BCUT2D eigenvalue weighted by Crippen LogP contribution is 2.16. The van der Waals surface area contributed by atoms with Crippen molar-refractivity contribution in [1.82, 2.24) is 15.2 Å². The van der Waals surface area contributed by atoms with Gasteiger partial charge >= 0.3 is 0 Å². The van der Waals surface area contributed by atoms with Crippen molar-refractivity contribution in [2.75, 3.05) is 34.4 Å². The number of nitrogens with zero attached hydrogens (tertiary/aromatic N) is 3. The van der Waals surface area contributed by atoms with Gasteiger partial charge in [0.1, 0.15) is 6.61 Å². The van der Waals surface area contributed by atoms with Crippen LogP contribution in [-0.4, -0.2) is 50.3 Å². The second kappa shape index (κ2) is 10.6. The van der Waals surface area contributed by atoms with Gasteiger partial charge in [-0.3, -0.25) is 4.99 Å². The summed E-state index contributed by atoms with van der Waals surface area (Å²) < 4.78 is 10.4. The molecule has 7 heteroatoms. The number of methoxy groups -OCH3 is 1. The molecule has 0 saturated heterocycles. The monoisotopic (exact) mass is 376 g/mol. The van der Waals surface area contributed by atoms with Crippen LogP contribution in [0.2, 0.25) is 5.02 Å². The highest BCUT2D eigenvalue weighted by atomic mass is 35.5. The minimum Gasteiger partial charge on any atom is -0.475 e. The predicted molar refractivity (Wildman–Crippen MR) is 105 cm³/mol. The molecule has 26 heavy (non-hydrogen) atoms. The first-order valence-electron chi connectivity index (χ1n) is 8.36. The fourth-order valence-corrected chi connectivity index (χ4v) is 2.55. The van der Waals surface area contributed by atoms with Crippen LogP contribution in [0.4, 0.5) is 0 Å². The van der Waals surface area contributed by atoms with Gasteiger partial charge in [-0.25, -0.2) is 4.98 Å². The summed E-state index contributed by atoms with van der Waals surface area (Å²) in [6.07, 6.45) is 1.79. The van der Waals surface area contributed by atoms with Crippen molar-refractivity contribution in [2.45, 2.75) is 13.1 Å². The van der Waals surface area contributed by atoms with E-state index in [1.165, 1.54) is 0 Å². The highest BCUT2D eigenvalue weighted by molar-refractivity contribution is 6.31. The standard InChI is InChI=1S/C19H25ClN4O2/c1-21-19(24(2)14-16-6-4-5-7-17(16)20)23-13-15-8-9-18(22-12-15)26-11-10-25-3/h4-9,12H,10-11,13-14H2,1-3H3,(H,21,23). The zero-order valence-corrected chi connectivity index (χ0v) is 16.2. The third-order valence-electron chi connectivity index (χ3n) is 3.72. The van der Waals surface area contributed by atoms with Crippen LogP contribution in [0.5, 0.6) is 5.88 Å². The van der Waals surface area contributed by atoms with Crippen LogP contribution in [0.25, 0.3) is 0 Å². The molecule has 1 heterocycles. The van der Waals surface area contributed by atoms with Gasteiger partial charge in [0.05, 0.1) is 6.61 Å². The Morgan fingerprint density at radius 2 is 2.04 bits per heavy atom. The van der Waals surface area contributed by atoms with E-state index >= 15 is 0 Å². The third-order valence-corrected chi connectivity index (χ3v) is 4.09. The second-order valence-corrected chi connectivity index (χ2v) is 6.10. The van der Waals surface area contributed by atoms with E-state index in [4.69, 9.17) is 21.1 Å².